The summed E-state index contributed by atoms with van der Waals surface area (Å²) in [6.07, 6.45) is 0. The van der Waals surface area contributed by atoms with Crippen LogP contribution in [0.15, 0.2) is 0 Å². The maximum Gasteiger partial charge on any atom is 1.00 e. The third-order valence-electron chi connectivity index (χ3n) is 0. The molecule has 0 radical (unpaired) electrons. The van der Waals surface area contributed by atoms with E-state index in [2.05, 4.69) is 0 Å². The summed E-state index contributed by atoms with van der Waals surface area (Å²) >= 11 is 0. The zero-order valence-corrected chi connectivity index (χ0v) is 4.72. The van der Waals surface area contributed by atoms with Gasteiger partial charge in [0.25, 0.3) is 0 Å². The smallest absolute Gasteiger partial charge is 1.00 e. The van der Waals surface area contributed by atoms with Gasteiger partial charge in [-0.2, -0.15) is 9.90 Å². The molecule has 0 heterocycles. The van der Waals surface area contributed by atoms with Gasteiger partial charge in [-0.15, -0.1) is 0 Å². The summed E-state index contributed by atoms with van der Waals surface area (Å²) < 4.78 is 0. The summed E-state index contributed by atoms with van der Waals surface area (Å²) in [6, 6.07) is 0. The Bertz CT molecular complexity index is 7.51. The quantitative estimate of drug-likeness (QED) is 0.170. The van der Waals surface area contributed by atoms with E-state index in [1.54, 1.807) is 0 Å². The van der Waals surface area contributed by atoms with Gasteiger partial charge in [0.15, 0.2) is 0 Å². The van der Waals surface area contributed by atoms with E-state index in [1.165, 1.54) is 0 Å². The van der Waals surface area contributed by atoms with Crippen LogP contribution in [-0.4, -0.2) is 0 Å². The Balaban J connectivity index is 0. The van der Waals surface area contributed by atoms with E-state index >= 15 is 0 Å². The second-order valence-electron chi connectivity index (χ2n) is 0. The van der Waals surface area contributed by atoms with Crippen molar-refractivity contribution in [2.75, 3.05) is 0 Å². The zero-order valence-electron chi connectivity index (χ0n) is 3.31. The van der Waals surface area contributed by atoms with Crippen molar-refractivity contribution in [3.8, 4) is 0 Å². The van der Waals surface area contributed by atoms with Gasteiger partial charge in [0.2, 0.25) is 0 Å². The third-order valence-corrected chi connectivity index (χ3v) is 0. The minimum absolute atomic E-state index is 0. The van der Waals surface area contributed by atoms with Crippen LogP contribution < -0.4 is 23.6 Å². The molecule has 0 aliphatic heterocycles. The molecule has 0 saturated carbocycles. The molecule has 1 atom stereocenters. The Morgan fingerprint density at radius 2 is 0.667 bits per heavy atom. The molecule has 0 aliphatic carbocycles. The van der Waals surface area contributed by atoms with Crippen molar-refractivity contribution >= 4 is 9.90 Å². The minimum Gasteiger partial charge on any atom is -1.00 e. The molecule has 0 amide bonds. The van der Waals surface area contributed by atoms with Crippen LogP contribution >= 0.6 is 9.90 Å². The molecule has 0 aromatic rings. The fraction of sp³-hybridized carbons (Fsp3) is 0. The average Bonchev–Trinajstić information content (AvgIpc) is 0. The van der Waals surface area contributed by atoms with Crippen LogP contribution in [0.5, 0.6) is 0 Å². The van der Waals surface area contributed by atoms with Crippen molar-refractivity contribution in [2.24, 2.45) is 0 Å². The first-order valence-corrected chi connectivity index (χ1v) is 0. The Hall–Kier alpha value is 0.747. The monoisotopic (exact) mass is 120 g/mol. The predicted molar refractivity (Wildman–Crippen MR) is 18.6 cm³/mol. The molecule has 0 N–H and O–H groups in total. The summed E-state index contributed by atoms with van der Waals surface area (Å²) in [4.78, 5) is 0. The number of hydrogen-bond acceptors (Lipinski definition) is 0. The topological polar surface area (TPSA) is 0 Å². The molecule has 1 unspecified atom stereocenters. The molecular weight excluding hydrogens is 114 g/mol. The normalized spacial score (nSPS) is 0. The second-order valence-corrected chi connectivity index (χ2v) is 0. The Labute approximate surface area is 48.3 Å². The second kappa shape index (κ2) is 232. The fourth-order valence-corrected chi connectivity index (χ4v) is 0. The van der Waals surface area contributed by atoms with Crippen molar-refractivity contribution in [1.82, 2.24) is 0 Å². The van der Waals surface area contributed by atoms with E-state index in [4.69, 9.17) is 0 Å². The summed E-state index contributed by atoms with van der Waals surface area (Å²) in [7, 11) is 0. The van der Waals surface area contributed by atoms with Gasteiger partial charge in [-0.3, -0.25) is 14.1 Å². The molecule has 0 spiro atoms. The predicted octanol–water partition coefficient (Wildman–Crippen LogP) is -5.48. The van der Waals surface area contributed by atoms with Crippen LogP contribution in [0.4, 0.5) is 14.1 Å². The maximum atomic E-state index is 0. The number of halogens is 4. The zero-order chi connectivity index (χ0) is 0. The molecule has 40 valence electrons. The maximum absolute atomic E-state index is 0. The molecule has 0 aromatic heterocycles. The van der Waals surface area contributed by atoms with Gasteiger partial charge in [0.05, 0.1) is 0 Å². The molecule has 0 rings (SSSR count). The number of rotatable bonds is 0. The average molecular weight is 120 g/mol. The van der Waals surface area contributed by atoms with E-state index in [0.717, 1.165) is 0 Å². The van der Waals surface area contributed by atoms with Crippen LogP contribution in [-0.2, 0) is 0 Å². The number of hydrogen-bond donors (Lipinski definition) is 0. The van der Waals surface area contributed by atoms with E-state index in [0.29, 0.717) is 0 Å². The minimum atomic E-state index is 0. The molecular formula is H6F4LiP. The molecule has 0 aromatic carbocycles. The first-order chi connectivity index (χ1) is 0. The third kappa shape index (κ3) is 119. The van der Waals surface area contributed by atoms with Crippen LogP contribution in [0, 0.1) is 0 Å². The molecule has 0 aliphatic rings. The Morgan fingerprint density at radius 3 is 0.667 bits per heavy atom. The van der Waals surface area contributed by atoms with Gasteiger partial charge < -0.3 is 4.70 Å². The van der Waals surface area contributed by atoms with Crippen molar-refractivity contribution in [1.29, 1.82) is 0 Å². The molecule has 0 fully saturated rings. The molecule has 0 bridgehead atoms. The van der Waals surface area contributed by atoms with Crippen molar-refractivity contribution in [3.05, 3.63) is 0 Å². The molecule has 0 saturated heterocycles. The van der Waals surface area contributed by atoms with Crippen LogP contribution in [0.1, 0.15) is 0 Å². The van der Waals surface area contributed by atoms with Crippen molar-refractivity contribution in [3.63, 3.8) is 0 Å². The van der Waals surface area contributed by atoms with Crippen LogP contribution in [0.25, 0.3) is 0 Å². The largest absolute Gasteiger partial charge is 1.00 e. The van der Waals surface area contributed by atoms with E-state index < -0.39 is 0 Å². The van der Waals surface area contributed by atoms with Gasteiger partial charge in [0.1, 0.15) is 0 Å². The molecule has 0 nitrogen and oxygen atoms in total. The van der Waals surface area contributed by atoms with Gasteiger partial charge >= 0.3 is 18.9 Å². The van der Waals surface area contributed by atoms with Crippen LogP contribution in [0.3, 0.4) is 0 Å². The van der Waals surface area contributed by atoms with Gasteiger partial charge in [-0.05, 0) is 0 Å². The van der Waals surface area contributed by atoms with Gasteiger partial charge in [-0.25, -0.2) is 0 Å². The molecule has 6 heavy (non-hydrogen) atoms. The summed E-state index contributed by atoms with van der Waals surface area (Å²) in [5, 5.41) is 0. The van der Waals surface area contributed by atoms with Gasteiger partial charge in [-0.1, -0.05) is 0 Å². The first-order valence-electron chi connectivity index (χ1n) is 0. The fourth-order valence-electron chi connectivity index (χ4n) is 0. The first kappa shape index (κ1) is 399. The van der Waals surface area contributed by atoms with E-state index in [1.807, 2.05) is 0 Å². The standard InChI is InChI=1S/4FH.Li.H3P/h4*1H;;1H3/q;;;;+1;/p-1. The van der Waals surface area contributed by atoms with E-state index in [-0.39, 0.29) is 47.6 Å². The van der Waals surface area contributed by atoms with Gasteiger partial charge in [0, 0.05) is 0 Å². The SMILES string of the molecule is F.F.F.P.[F-].[Li+]. The molecule has 6 heteroatoms. The summed E-state index contributed by atoms with van der Waals surface area (Å²) in [5.74, 6) is 0. The van der Waals surface area contributed by atoms with Crippen LogP contribution in [0.2, 0.25) is 0 Å². The summed E-state index contributed by atoms with van der Waals surface area (Å²) in [6.45, 7) is 0. The van der Waals surface area contributed by atoms with E-state index in [9.17, 15) is 0 Å². The Kier molecular flexibility index (Phi) is 15400. The van der Waals surface area contributed by atoms with Crippen molar-refractivity contribution in [2.45, 2.75) is 0 Å². The summed E-state index contributed by atoms with van der Waals surface area (Å²) in [5.41, 5.74) is 0. The Morgan fingerprint density at radius 1 is 0.667 bits per heavy atom. The van der Waals surface area contributed by atoms with Crippen molar-refractivity contribution < 1.29 is 37.7 Å².